The second-order valence-electron chi connectivity index (χ2n) is 13.2. The number of nitrogens with zero attached hydrogens (tertiary/aromatic N) is 3. The van der Waals surface area contributed by atoms with Gasteiger partial charge in [0.15, 0.2) is 0 Å². The SMILES string of the molecule is C=N/C=C\C(=C/C)CCC(=O)NS1(=O)=NC(=O)c2ccc3c(c2)N(Cc2ccc(Cl)cc2CCCCO3)C[C@@H]2CC[C@H]2[C@@H](OC)/C=C/CCC1. The van der Waals surface area contributed by atoms with E-state index in [0.717, 1.165) is 49.9 Å². The Balaban J connectivity index is 1.54. The number of aryl methyl sites for hydroxylation is 1. The highest BCUT2D eigenvalue weighted by Crippen LogP contribution is 2.42. The van der Waals surface area contributed by atoms with Crippen molar-refractivity contribution < 1.29 is 23.3 Å². The van der Waals surface area contributed by atoms with Crippen LogP contribution in [0.1, 0.15) is 79.8 Å². The molecule has 2 heterocycles. The Morgan fingerprint density at radius 1 is 1.18 bits per heavy atom. The lowest BCUT2D eigenvalue weighted by atomic mass is 9.70. The van der Waals surface area contributed by atoms with Crippen molar-refractivity contribution in [2.75, 3.05) is 30.9 Å². The molecule has 268 valence electrons. The predicted molar refractivity (Wildman–Crippen MR) is 202 cm³/mol. The van der Waals surface area contributed by atoms with E-state index in [1.54, 1.807) is 25.5 Å². The average Bonchev–Trinajstić information content (AvgIpc) is 3.11. The van der Waals surface area contributed by atoms with Gasteiger partial charge in [-0.25, -0.2) is 4.21 Å². The van der Waals surface area contributed by atoms with Crippen LogP contribution in [0.5, 0.6) is 5.75 Å². The lowest BCUT2D eigenvalue weighted by molar-refractivity contribution is -0.119. The van der Waals surface area contributed by atoms with Crippen molar-refractivity contribution in [1.29, 1.82) is 0 Å². The van der Waals surface area contributed by atoms with Crippen LogP contribution in [0.15, 0.2) is 81.8 Å². The molecule has 1 unspecified atom stereocenters. The molecule has 9 nitrogen and oxygen atoms in total. The van der Waals surface area contributed by atoms with Crippen LogP contribution in [0.4, 0.5) is 5.69 Å². The zero-order valence-corrected chi connectivity index (χ0v) is 30.7. The topological polar surface area (TPSA) is 110 Å². The van der Waals surface area contributed by atoms with Gasteiger partial charge in [-0.3, -0.25) is 19.3 Å². The molecule has 0 saturated heterocycles. The molecule has 5 rings (SSSR count). The molecule has 2 bridgehead atoms. The minimum Gasteiger partial charge on any atom is -0.491 e. The normalized spacial score (nSPS) is 25.5. The fourth-order valence-corrected chi connectivity index (χ4v) is 8.70. The number of nitrogens with one attached hydrogen (secondary N) is 1. The molecule has 1 aliphatic carbocycles. The molecule has 0 radical (unpaired) electrons. The van der Waals surface area contributed by atoms with E-state index < -0.39 is 21.7 Å². The predicted octanol–water partition coefficient (Wildman–Crippen LogP) is 8.03. The number of hydrogen-bond donors (Lipinski definition) is 1. The van der Waals surface area contributed by atoms with Crippen LogP contribution in [0.25, 0.3) is 0 Å². The summed E-state index contributed by atoms with van der Waals surface area (Å²) in [5, 5.41) is 0.714. The maximum Gasteiger partial charge on any atom is 0.286 e. The van der Waals surface area contributed by atoms with E-state index in [0.29, 0.717) is 55.0 Å². The first-order valence-electron chi connectivity index (χ1n) is 17.6. The number of carbonyl (C=O) groups excluding carboxylic acids is 2. The second kappa shape index (κ2) is 18.0. The maximum atomic E-state index is 14.3. The highest BCUT2D eigenvalue weighted by atomic mass is 35.5. The van der Waals surface area contributed by atoms with Gasteiger partial charge in [-0.1, -0.05) is 41.5 Å². The third kappa shape index (κ3) is 9.95. The number of rotatable bonds is 7. The second-order valence-corrected chi connectivity index (χ2v) is 15.7. The molecule has 0 spiro atoms. The van der Waals surface area contributed by atoms with Crippen LogP contribution in [0, 0.1) is 11.8 Å². The van der Waals surface area contributed by atoms with Gasteiger partial charge < -0.3 is 14.4 Å². The number of amides is 2. The first-order chi connectivity index (χ1) is 24.2. The molecule has 3 aliphatic rings. The molecule has 1 N–H and O–H groups in total. The van der Waals surface area contributed by atoms with Crippen molar-refractivity contribution in [1.82, 2.24) is 4.72 Å². The zero-order chi connectivity index (χ0) is 35.5. The van der Waals surface area contributed by atoms with Crippen molar-refractivity contribution in [2.24, 2.45) is 21.2 Å². The van der Waals surface area contributed by atoms with Gasteiger partial charge in [-0.15, -0.1) is 4.36 Å². The van der Waals surface area contributed by atoms with Crippen LogP contribution in [-0.4, -0.2) is 54.9 Å². The van der Waals surface area contributed by atoms with Crippen molar-refractivity contribution >= 4 is 45.7 Å². The first-order valence-corrected chi connectivity index (χ1v) is 19.6. The van der Waals surface area contributed by atoms with Crippen LogP contribution < -0.4 is 14.4 Å². The van der Waals surface area contributed by atoms with Crippen molar-refractivity contribution in [2.45, 2.75) is 77.4 Å². The largest absolute Gasteiger partial charge is 0.491 e. The fourth-order valence-electron chi connectivity index (χ4n) is 6.88. The van der Waals surface area contributed by atoms with Gasteiger partial charge in [0.2, 0.25) is 5.91 Å². The molecule has 2 aliphatic heterocycles. The summed E-state index contributed by atoms with van der Waals surface area (Å²) in [6.45, 7) is 7.20. The molecule has 1 fully saturated rings. The molecule has 50 heavy (non-hydrogen) atoms. The summed E-state index contributed by atoms with van der Waals surface area (Å²) in [6.07, 6.45) is 15.8. The fraction of sp³-hybridized carbons (Fsp3) is 0.462. The first kappa shape index (κ1) is 37.5. The minimum absolute atomic E-state index is 0.0365. The Bertz CT molecular complexity index is 1760. The van der Waals surface area contributed by atoms with Gasteiger partial charge in [0.1, 0.15) is 15.7 Å². The number of fused-ring (bicyclic) bond motifs is 3. The van der Waals surface area contributed by atoms with E-state index >= 15 is 0 Å². The summed E-state index contributed by atoms with van der Waals surface area (Å²) in [6, 6.07) is 11.4. The Morgan fingerprint density at radius 2 is 2.04 bits per heavy atom. The smallest absolute Gasteiger partial charge is 0.286 e. The Labute approximate surface area is 302 Å². The third-order valence-corrected chi connectivity index (χ3v) is 11.9. The number of anilines is 1. The molecule has 2 aromatic rings. The maximum absolute atomic E-state index is 14.3. The number of methoxy groups -OCH3 is 1. The molecular weight excluding hydrogens is 672 g/mol. The number of aliphatic imine (C=N–C) groups is 1. The monoisotopic (exact) mass is 720 g/mol. The Hall–Kier alpha value is -3.73. The number of benzene rings is 2. The summed E-state index contributed by atoms with van der Waals surface area (Å²) in [7, 11) is -1.68. The van der Waals surface area contributed by atoms with Crippen LogP contribution in [0.3, 0.4) is 0 Å². The van der Waals surface area contributed by atoms with Gasteiger partial charge in [0.05, 0.1) is 24.2 Å². The summed E-state index contributed by atoms with van der Waals surface area (Å²) >= 11 is 6.45. The Morgan fingerprint density at radius 3 is 2.80 bits per heavy atom. The summed E-state index contributed by atoms with van der Waals surface area (Å²) in [5.74, 6) is 0.348. The van der Waals surface area contributed by atoms with Crippen molar-refractivity contribution in [3.8, 4) is 5.75 Å². The number of halogens is 1. The van der Waals surface area contributed by atoms with Crippen LogP contribution in [-0.2, 0) is 32.4 Å². The van der Waals surface area contributed by atoms with Gasteiger partial charge in [-0.05, 0) is 124 Å². The third-order valence-electron chi connectivity index (χ3n) is 9.83. The lowest BCUT2D eigenvalue weighted by Crippen LogP contribution is -2.43. The van der Waals surface area contributed by atoms with E-state index in [1.807, 2.05) is 31.2 Å². The van der Waals surface area contributed by atoms with Crippen LogP contribution in [0.2, 0.25) is 5.02 Å². The van der Waals surface area contributed by atoms with E-state index in [9.17, 15) is 13.8 Å². The summed E-state index contributed by atoms with van der Waals surface area (Å²) in [4.78, 5) is 33.0. The number of hydrogen-bond acceptors (Lipinski definition) is 7. The van der Waals surface area contributed by atoms with E-state index in [1.165, 1.54) is 11.1 Å². The molecule has 2 amide bonds. The lowest BCUT2D eigenvalue weighted by Gasteiger charge is -2.43. The molecule has 11 heteroatoms. The molecule has 4 atom stereocenters. The number of allylic oxidation sites excluding steroid dienone is 4. The van der Waals surface area contributed by atoms with Crippen molar-refractivity contribution in [3.63, 3.8) is 0 Å². The molecule has 0 aromatic heterocycles. The standard InChI is InChI=1S/C39H49ClN4O5S/c1-4-28(20-21-41-2)12-19-38(45)42-50(47)23-9-5-6-11-36(48-3)34-17-14-32(34)27-44-26-31-13-16-33(40)24-29(31)10-7-8-22-49-37-18-15-30(25-35(37)44)39(46)43-50/h4,6,11,13,15-16,18,20-21,24-25,32,34,36H,2,5,7-10,12,14,17,19,22-23,26-27H2,1,3H3,(H,42,43,45,46,47)/b11-6+,21-20-,28-4-/t32-,34+,36-,50?/m0/s1. The number of carbonyl (C=O) groups is 2. The molecular formula is C39H49ClN4O5S. The average molecular weight is 721 g/mol. The Kier molecular flexibility index (Phi) is 13.5. The van der Waals surface area contributed by atoms with Gasteiger partial charge >= 0.3 is 0 Å². The summed E-state index contributed by atoms with van der Waals surface area (Å²) in [5.41, 5.74) is 4.35. The summed E-state index contributed by atoms with van der Waals surface area (Å²) < 4.78 is 33.5. The number of ether oxygens (including phenoxy) is 2. The quantitative estimate of drug-likeness (QED) is 0.176. The van der Waals surface area contributed by atoms with Gasteiger partial charge in [0, 0.05) is 43.4 Å². The van der Waals surface area contributed by atoms with E-state index in [2.05, 4.69) is 50.0 Å². The zero-order valence-electron chi connectivity index (χ0n) is 29.2. The highest BCUT2D eigenvalue weighted by molar-refractivity contribution is 7.92. The van der Waals surface area contributed by atoms with Crippen molar-refractivity contribution in [3.05, 3.63) is 94.2 Å². The van der Waals surface area contributed by atoms with E-state index in [4.69, 9.17) is 21.1 Å². The van der Waals surface area contributed by atoms with Crippen LogP contribution >= 0.6 is 11.6 Å². The molecule has 1 saturated carbocycles. The molecule has 2 aromatic carbocycles. The highest BCUT2D eigenvalue weighted by Gasteiger charge is 2.38. The van der Waals surface area contributed by atoms with Gasteiger partial charge in [0.25, 0.3) is 5.91 Å². The van der Waals surface area contributed by atoms with Gasteiger partial charge in [-0.2, -0.15) is 0 Å². The van der Waals surface area contributed by atoms with E-state index in [-0.39, 0.29) is 23.8 Å². The minimum atomic E-state index is -3.43.